The molecule has 0 saturated carbocycles. The van der Waals surface area contributed by atoms with Gasteiger partial charge in [-0.25, -0.2) is 0 Å². The van der Waals surface area contributed by atoms with Gasteiger partial charge >= 0.3 is 45.9 Å². The molecular formula is C5H7As. The number of hydrogen-bond donors (Lipinski definition) is 0. The first-order valence-electron chi connectivity index (χ1n) is 2.01. The molecule has 0 radical (unpaired) electrons. The van der Waals surface area contributed by atoms with E-state index in [0.717, 1.165) is 0 Å². The van der Waals surface area contributed by atoms with Gasteiger partial charge in [-0.05, 0) is 0 Å². The van der Waals surface area contributed by atoms with Crippen LogP contribution in [0.15, 0.2) is 22.6 Å². The molecule has 1 aliphatic rings. The van der Waals surface area contributed by atoms with Crippen molar-refractivity contribution in [3.63, 3.8) is 0 Å². The van der Waals surface area contributed by atoms with E-state index in [2.05, 4.69) is 18.2 Å². The van der Waals surface area contributed by atoms with Crippen molar-refractivity contribution in [1.82, 2.24) is 0 Å². The van der Waals surface area contributed by atoms with Gasteiger partial charge < -0.3 is 0 Å². The summed E-state index contributed by atoms with van der Waals surface area (Å²) in [7, 11) is 0. The minimum atomic E-state index is 1.19. The van der Waals surface area contributed by atoms with Crippen molar-refractivity contribution in [2.75, 3.05) is 0 Å². The van der Waals surface area contributed by atoms with Gasteiger partial charge in [-0.15, -0.1) is 0 Å². The zero-order valence-corrected chi connectivity index (χ0v) is 5.94. The van der Waals surface area contributed by atoms with Crippen LogP contribution in [-0.4, -0.2) is 16.9 Å². The average Bonchev–Trinajstić information content (AvgIpc) is 1.86. The molecule has 32 valence electrons. The first-order chi connectivity index (χ1) is 2.89. The van der Waals surface area contributed by atoms with Gasteiger partial charge in [-0.1, -0.05) is 0 Å². The summed E-state index contributed by atoms with van der Waals surface area (Å²) < 4.78 is 1.53. The van der Waals surface area contributed by atoms with Crippen LogP contribution < -0.4 is 0 Å². The van der Waals surface area contributed by atoms with Crippen molar-refractivity contribution < 1.29 is 0 Å². The van der Waals surface area contributed by atoms with Crippen molar-refractivity contribution >= 4 is 16.9 Å². The summed E-state index contributed by atoms with van der Waals surface area (Å²) >= 11 is 1.74. The molecule has 0 bridgehead atoms. The summed E-state index contributed by atoms with van der Waals surface area (Å²) in [5, 5.41) is 0. The Morgan fingerprint density at radius 3 is 2.67 bits per heavy atom. The molecule has 1 unspecified atom stereocenters. The van der Waals surface area contributed by atoms with Crippen LogP contribution in [0, 0.1) is 0 Å². The Hall–Kier alpha value is 0.0384. The molecule has 6 heavy (non-hydrogen) atoms. The molecule has 0 amide bonds. The number of hydrogen-bond acceptors (Lipinski definition) is 0. The first-order valence-corrected chi connectivity index (χ1v) is 3.22. The normalized spacial score (nSPS) is 18.5. The first kappa shape index (κ1) is 4.20. The quantitative estimate of drug-likeness (QED) is 0.431. The summed E-state index contributed by atoms with van der Waals surface area (Å²) in [5.41, 5.74) is 0. The second kappa shape index (κ2) is 1.66. The van der Waals surface area contributed by atoms with Gasteiger partial charge in [-0.3, -0.25) is 0 Å². The van der Waals surface area contributed by atoms with E-state index in [1.54, 1.807) is 16.9 Å². The van der Waals surface area contributed by atoms with Crippen molar-refractivity contribution in [2.45, 2.75) is 6.42 Å². The predicted octanol–water partition coefficient (Wildman–Crippen LogP) is 0.463. The topological polar surface area (TPSA) is 0 Å². The van der Waals surface area contributed by atoms with Crippen molar-refractivity contribution in [2.24, 2.45) is 0 Å². The van der Waals surface area contributed by atoms with E-state index in [4.69, 9.17) is 0 Å². The van der Waals surface area contributed by atoms with Gasteiger partial charge in [0, 0.05) is 0 Å². The monoisotopic (exact) mass is 142 g/mol. The molecule has 0 aromatic carbocycles. The van der Waals surface area contributed by atoms with E-state index in [9.17, 15) is 0 Å². The van der Waals surface area contributed by atoms with Crippen molar-refractivity contribution in [1.29, 1.82) is 0 Å². The molecule has 0 fully saturated rings. The van der Waals surface area contributed by atoms with Crippen LogP contribution in [0.25, 0.3) is 0 Å². The number of rotatable bonds is 0. The van der Waals surface area contributed by atoms with Crippen molar-refractivity contribution in [3.8, 4) is 0 Å². The van der Waals surface area contributed by atoms with E-state index in [-0.39, 0.29) is 0 Å². The van der Waals surface area contributed by atoms with Crippen LogP contribution in [0.5, 0.6) is 0 Å². The van der Waals surface area contributed by atoms with Gasteiger partial charge in [-0.2, -0.15) is 0 Å². The summed E-state index contributed by atoms with van der Waals surface area (Å²) in [6.07, 6.45) is 7.65. The maximum absolute atomic E-state index is 2.18. The van der Waals surface area contributed by atoms with Gasteiger partial charge in [0.2, 0.25) is 0 Å². The molecule has 0 N–H and O–H groups in total. The third kappa shape index (κ3) is 0.753. The summed E-state index contributed by atoms with van der Waals surface area (Å²) in [4.78, 5) is 0. The predicted molar refractivity (Wildman–Crippen MR) is 30.4 cm³/mol. The van der Waals surface area contributed by atoms with E-state index in [1.165, 1.54) is 10.8 Å². The third-order valence-electron chi connectivity index (χ3n) is 0.800. The summed E-state index contributed by atoms with van der Waals surface area (Å²) in [6, 6.07) is 0. The fourth-order valence-electron chi connectivity index (χ4n) is 0.464. The average molecular weight is 142 g/mol. The third-order valence-corrected chi connectivity index (χ3v) is 1.70. The Kier molecular flexibility index (Phi) is 1.16. The van der Waals surface area contributed by atoms with Crippen LogP contribution in [-0.2, 0) is 0 Å². The molecule has 0 aliphatic heterocycles. The van der Waals surface area contributed by atoms with Gasteiger partial charge in [0.25, 0.3) is 0 Å². The Bertz CT molecular complexity index is 101. The van der Waals surface area contributed by atoms with Gasteiger partial charge in [0.1, 0.15) is 0 Å². The molecule has 0 heterocycles. The Balaban J connectivity index is 2.61. The molecule has 0 saturated heterocycles. The fraction of sp³-hybridized carbons (Fsp3) is 0.200. The molecule has 0 nitrogen and oxygen atoms in total. The zero-order valence-electron chi connectivity index (χ0n) is 3.52. The zero-order chi connectivity index (χ0) is 4.41. The van der Waals surface area contributed by atoms with E-state index in [1.807, 2.05) is 0 Å². The Morgan fingerprint density at radius 1 is 1.67 bits per heavy atom. The van der Waals surface area contributed by atoms with Crippen LogP contribution in [0.1, 0.15) is 6.42 Å². The summed E-state index contributed by atoms with van der Waals surface area (Å²) in [6.45, 7) is 0. The molecule has 1 aliphatic carbocycles. The van der Waals surface area contributed by atoms with E-state index in [0.29, 0.717) is 0 Å². The summed E-state index contributed by atoms with van der Waals surface area (Å²) in [5.74, 6) is 0. The van der Waals surface area contributed by atoms with Gasteiger partial charge in [0.05, 0.1) is 0 Å². The molecule has 0 spiro atoms. The van der Waals surface area contributed by atoms with Crippen LogP contribution in [0.2, 0.25) is 0 Å². The number of allylic oxidation sites excluding steroid dienone is 4. The molecule has 1 rings (SSSR count). The standard InChI is InChI=1S/C5H7As/c6-5-3-1-2-4-5/h1-3H,4,6H2. The molecule has 1 heteroatoms. The van der Waals surface area contributed by atoms with Crippen LogP contribution >= 0.6 is 0 Å². The van der Waals surface area contributed by atoms with Crippen LogP contribution in [0.3, 0.4) is 0 Å². The molecule has 1 atom stereocenters. The molecular weight excluding hydrogens is 135 g/mol. The van der Waals surface area contributed by atoms with Crippen molar-refractivity contribution in [3.05, 3.63) is 22.6 Å². The Morgan fingerprint density at radius 2 is 2.50 bits per heavy atom. The van der Waals surface area contributed by atoms with Crippen LogP contribution in [0.4, 0.5) is 0 Å². The van der Waals surface area contributed by atoms with E-state index >= 15 is 0 Å². The fourth-order valence-corrected chi connectivity index (χ4v) is 0.982. The molecule has 0 aromatic rings. The SMILES string of the molecule is [AsH2]C1=CC=CC1. The second-order valence-electron chi connectivity index (χ2n) is 1.37. The maximum atomic E-state index is 2.18. The second-order valence-corrected chi connectivity index (χ2v) is 2.93. The van der Waals surface area contributed by atoms with E-state index < -0.39 is 0 Å². The van der Waals surface area contributed by atoms with Gasteiger partial charge in [0.15, 0.2) is 0 Å². The Labute approximate surface area is 46.4 Å². The molecule has 0 aromatic heterocycles. The minimum absolute atomic E-state index is 1.19.